The summed E-state index contributed by atoms with van der Waals surface area (Å²) in [6, 6.07) is 5.79. The van der Waals surface area contributed by atoms with Gasteiger partial charge in [-0.05, 0) is 17.7 Å². The van der Waals surface area contributed by atoms with E-state index in [9.17, 15) is 9.18 Å². The van der Waals surface area contributed by atoms with Gasteiger partial charge >= 0.3 is 0 Å². The topological polar surface area (TPSA) is 17.1 Å². The summed E-state index contributed by atoms with van der Waals surface area (Å²) in [6.07, 6.45) is 0. The largest absolute Gasteiger partial charge is 0.294 e. The number of carbonyl (C=O) groups is 1. The quantitative estimate of drug-likeness (QED) is 0.672. The van der Waals surface area contributed by atoms with Gasteiger partial charge in [-0.15, -0.1) is 0 Å². The average molecular weight is 192 g/mol. The predicted molar refractivity (Wildman–Crippen MR) is 55.3 cm³/mol. The van der Waals surface area contributed by atoms with E-state index in [0.717, 1.165) is 0 Å². The first kappa shape index (κ1) is 10.6. The van der Waals surface area contributed by atoms with Crippen molar-refractivity contribution in [2.75, 3.05) is 0 Å². The molecule has 0 atom stereocenters. The second-order valence-electron chi connectivity index (χ2n) is 3.50. The van der Waals surface area contributed by atoms with Crippen LogP contribution in [0.3, 0.4) is 0 Å². The summed E-state index contributed by atoms with van der Waals surface area (Å²) in [4.78, 5) is 11.5. The lowest BCUT2D eigenvalue weighted by atomic mass is 9.96. The van der Waals surface area contributed by atoms with Gasteiger partial charge < -0.3 is 0 Å². The van der Waals surface area contributed by atoms with Gasteiger partial charge in [0.15, 0.2) is 5.78 Å². The van der Waals surface area contributed by atoms with Crippen molar-refractivity contribution in [3.8, 4) is 0 Å². The normalized spacial score (nSPS) is 10.3. The third-order valence-electron chi connectivity index (χ3n) is 2.01. The van der Waals surface area contributed by atoms with Crippen molar-refractivity contribution in [1.82, 2.24) is 0 Å². The van der Waals surface area contributed by atoms with Gasteiger partial charge in [0, 0.05) is 11.5 Å². The Balaban J connectivity index is 2.90. The third-order valence-corrected chi connectivity index (χ3v) is 2.01. The molecule has 0 bridgehead atoms. The van der Waals surface area contributed by atoms with Crippen LogP contribution in [0.5, 0.6) is 0 Å². The molecule has 1 aromatic carbocycles. The fourth-order valence-corrected chi connectivity index (χ4v) is 1.14. The van der Waals surface area contributed by atoms with E-state index in [1.165, 1.54) is 12.1 Å². The predicted octanol–water partition coefficient (Wildman–Crippen LogP) is 3.06. The number of carbonyl (C=O) groups excluding carboxylic acids is 1. The minimum atomic E-state index is -0.307. The fourth-order valence-electron chi connectivity index (χ4n) is 1.14. The first-order valence-corrected chi connectivity index (χ1v) is 4.51. The van der Waals surface area contributed by atoms with Gasteiger partial charge in [-0.1, -0.05) is 32.6 Å². The van der Waals surface area contributed by atoms with Gasteiger partial charge in [0.2, 0.25) is 0 Å². The molecule has 0 unspecified atom stereocenters. The standard InChI is InChI=1S/C12H13FO/c1-8(2)12(14)9(3)10-4-6-11(13)7-5-10/h4-8H,3H2,1-2H3. The Hall–Kier alpha value is -1.44. The Morgan fingerprint density at radius 3 is 2.21 bits per heavy atom. The maximum atomic E-state index is 12.6. The zero-order valence-electron chi connectivity index (χ0n) is 8.38. The molecule has 0 heterocycles. The van der Waals surface area contributed by atoms with Gasteiger partial charge in [0.25, 0.3) is 0 Å². The van der Waals surface area contributed by atoms with Gasteiger partial charge in [0.1, 0.15) is 5.82 Å². The van der Waals surface area contributed by atoms with Crippen molar-refractivity contribution < 1.29 is 9.18 Å². The van der Waals surface area contributed by atoms with Crippen LogP contribution in [0.2, 0.25) is 0 Å². The molecule has 0 spiro atoms. The molecule has 0 aliphatic carbocycles. The van der Waals surface area contributed by atoms with Crippen LogP contribution in [0, 0.1) is 11.7 Å². The zero-order chi connectivity index (χ0) is 10.7. The fraction of sp³-hybridized carbons (Fsp3) is 0.250. The average Bonchev–Trinajstić information content (AvgIpc) is 2.16. The summed E-state index contributed by atoms with van der Waals surface area (Å²) in [5, 5.41) is 0. The summed E-state index contributed by atoms with van der Waals surface area (Å²) in [5.41, 5.74) is 1.13. The van der Waals surface area contributed by atoms with Gasteiger partial charge in [-0.2, -0.15) is 0 Å². The summed E-state index contributed by atoms with van der Waals surface area (Å²) in [5.74, 6) is -0.386. The number of Topliss-reactive ketones (excluding diaryl/α,β-unsaturated/α-hetero) is 1. The molecule has 1 nitrogen and oxygen atoms in total. The second-order valence-corrected chi connectivity index (χ2v) is 3.50. The maximum absolute atomic E-state index is 12.6. The number of hydrogen-bond donors (Lipinski definition) is 0. The number of benzene rings is 1. The van der Waals surface area contributed by atoms with Crippen LogP contribution in [-0.2, 0) is 4.79 Å². The Morgan fingerprint density at radius 1 is 1.29 bits per heavy atom. The van der Waals surface area contributed by atoms with Crippen molar-refractivity contribution >= 4 is 11.4 Å². The van der Waals surface area contributed by atoms with Crippen LogP contribution < -0.4 is 0 Å². The van der Waals surface area contributed by atoms with E-state index in [4.69, 9.17) is 0 Å². The third kappa shape index (κ3) is 2.28. The molecule has 1 aromatic rings. The lowest BCUT2D eigenvalue weighted by Gasteiger charge is -2.07. The first-order chi connectivity index (χ1) is 6.52. The smallest absolute Gasteiger partial charge is 0.165 e. The Kier molecular flexibility index (Phi) is 3.18. The first-order valence-electron chi connectivity index (χ1n) is 4.51. The van der Waals surface area contributed by atoms with Crippen molar-refractivity contribution in [2.45, 2.75) is 13.8 Å². The highest BCUT2D eigenvalue weighted by atomic mass is 19.1. The van der Waals surface area contributed by atoms with Crippen LogP contribution in [0.25, 0.3) is 5.57 Å². The number of allylic oxidation sites excluding steroid dienone is 1. The molecule has 1 rings (SSSR count). The summed E-state index contributed by atoms with van der Waals surface area (Å²) in [6.45, 7) is 7.34. The second kappa shape index (κ2) is 4.18. The van der Waals surface area contributed by atoms with Gasteiger partial charge in [-0.25, -0.2) is 4.39 Å². The number of hydrogen-bond acceptors (Lipinski definition) is 1. The van der Waals surface area contributed by atoms with Gasteiger partial charge in [0.05, 0.1) is 0 Å². The van der Waals surface area contributed by atoms with E-state index in [-0.39, 0.29) is 17.5 Å². The molecule has 0 amide bonds. The molecule has 0 aliphatic heterocycles. The lowest BCUT2D eigenvalue weighted by molar-refractivity contribution is -0.116. The summed E-state index contributed by atoms with van der Waals surface area (Å²) in [7, 11) is 0. The molecule has 0 N–H and O–H groups in total. The molecule has 0 radical (unpaired) electrons. The molecule has 74 valence electrons. The molecular formula is C12H13FO. The number of halogens is 1. The maximum Gasteiger partial charge on any atom is 0.165 e. The molecule has 0 saturated heterocycles. The van der Waals surface area contributed by atoms with E-state index < -0.39 is 0 Å². The SMILES string of the molecule is C=C(C(=O)C(C)C)c1ccc(F)cc1. The molecule has 0 fully saturated rings. The van der Waals surface area contributed by atoms with E-state index in [1.807, 2.05) is 13.8 Å². The molecule has 2 heteroatoms. The molecule has 14 heavy (non-hydrogen) atoms. The van der Waals surface area contributed by atoms with Crippen molar-refractivity contribution in [2.24, 2.45) is 5.92 Å². The monoisotopic (exact) mass is 192 g/mol. The minimum Gasteiger partial charge on any atom is -0.294 e. The Bertz CT molecular complexity index is 349. The molecule has 0 aliphatic rings. The summed E-state index contributed by atoms with van der Waals surface area (Å²) < 4.78 is 12.6. The van der Waals surface area contributed by atoms with E-state index in [0.29, 0.717) is 11.1 Å². The Labute approximate surface area is 83.3 Å². The van der Waals surface area contributed by atoms with Crippen molar-refractivity contribution in [3.05, 3.63) is 42.2 Å². The number of ketones is 1. The van der Waals surface area contributed by atoms with E-state index in [1.54, 1.807) is 12.1 Å². The van der Waals surface area contributed by atoms with Crippen LogP contribution in [0.1, 0.15) is 19.4 Å². The van der Waals surface area contributed by atoms with Crippen molar-refractivity contribution in [3.63, 3.8) is 0 Å². The van der Waals surface area contributed by atoms with Crippen molar-refractivity contribution in [1.29, 1.82) is 0 Å². The summed E-state index contributed by atoms with van der Waals surface area (Å²) >= 11 is 0. The highest BCUT2D eigenvalue weighted by Gasteiger charge is 2.12. The highest BCUT2D eigenvalue weighted by Crippen LogP contribution is 2.17. The zero-order valence-corrected chi connectivity index (χ0v) is 8.38. The lowest BCUT2D eigenvalue weighted by Crippen LogP contribution is -2.08. The van der Waals surface area contributed by atoms with E-state index >= 15 is 0 Å². The molecule has 0 saturated carbocycles. The van der Waals surface area contributed by atoms with E-state index in [2.05, 4.69) is 6.58 Å². The number of rotatable bonds is 3. The van der Waals surface area contributed by atoms with Gasteiger partial charge in [-0.3, -0.25) is 4.79 Å². The molecule has 0 aromatic heterocycles. The Morgan fingerprint density at radius 2 is 1.79 bits per heavy atom. The van der Waals surface area contributed by atoms with Crippen LogP contribution in [-0.4, -0.2) is 5.78 Å². The van der Waals surface area contributed by atoms with Crippen LogP contribution >= 0.6 is 0 Å². The van der Waals surface area contributed by atoms with Crippen LogP contribution in [0.15, 0.2) is 30.8 Å². The minimum absolute atomic E-state index is 0.00314. The van der Waals surface area contributed by atoms with Crippen LogP contribution in [0.4, 0.5) is 4.39 Å². The molecular weight excluding hydrogens is 179 g/mol. The highest BCUT2D eigenvalue weighted by molar-refractivity contribution is 6.20.